The molecule has 0 aliphatic carbocycles. The zero-order chi connectivity index (χ0) is 19.4. The van der Waals surface area contributed by atoms with Gasteiger partial charge in [-0.3, -0.25) is 4.79 Å². The second-order valence-electron chi connectivity index (χ2n) is 6.48. The van der Waals surface area contributed by atoms with E-state index in [2.05, 4.69) is 5.32 Å². The summed E-state index contributed by atoms with van der Waals surface area (Å²) in [7, 11) is 1.53. The number of benzene rings is 1. The van der Waals surface area contributed by atoms with Gasteiger partial charge in [-0.05, 0) is 37.0 Å². The van der Waals surface area contributed by atoms with E-state index in [1.807, 2.05) is 0 Å². The molecule has 0 aliphatic rings. The van der Waals surface area contributed by atoms with Crippen molar-refractivity contribution < 1.29 is 23.8 Å². The fourth-order valence-corrected chi connectivity index (χ4v) is 2.79. The van der Waals surface area contributed by atoms with Gasteiger partial charge in [0.25, 0.3) is 0 Å². The van der Waals surface area contributed by atoms with Crippen LogP contribution in [0.15, 0.2) is 27.4 Å². The Bertz CT molecular complexity index is 883. The molecule has 1 aromatic heterocycles. The maximum atomic E-state index is 12.3. The molecule has 2 N–H and O–H groups in total. The van der Waals surface area contributed by atoms with E-state index in [1.165, 1.54) is 7.11 Å². The lowest BCUT2D eigenvalue weighted by Crippen LogP contribution is -2.44. The van der Waals surface area contributed by atoms with Crippen molar-refractivity contribution in [1.29, 1.82) is 0 Å². The first kappa shape index (κ1) is 19.5. The molecule has 0 spiro atoms. The smallest absolute Gasteiger partial charge is 0.339 e. The van der Waals surface area contributed by atoms with Crippen LogP contribution < -0.4 is 15.7 Å². The Morgan fingerprint density at radius 2 is 2.00 bits per heavy atom. The van der Waals surface area contributed by atoms with Gasteiger partial charge in [0.05, 0.1) is 7.11 Å². The van der Waals surface area contributed by atoms with Gasteiger partial charge in [-0.25, -0.2) is 9.59 Å². The Morgan fingerprint density at radius 1 is 1.31 bits per heavy atom. The summed E-state index contributed by atoms with van der Waals surface area (Å²) >= 11 is 0. The number of nitrogens with one attached hydrogen (secondary N) is 1. The number of methoxy groups -OCH3 is 1. The monoisotopic (exact) mass is 361 g/mol. The molecule has 1 amide bonds. The lowest BCUT2D eigenvalue weighted by molar-refractivity contribution is -0.143. The summed E-state index contributed by atoms with van der Waals surface area (Å²) in [6.45, 7) is 5.23. The average Bonchev–Trinajstić information content (AvgIpc) is 2.58. The Kier molecular flexibility index (Phi) is 6.02. The number of amides is 1. The summed E-state index contributed by atoms with van der Waals surface area (Å²) in [5, 5.41) is 12.4. The fourth-order valence-electron chi connectivity index (χ4n) is 2.79. The highest BCUT2D eigenvalue weighted by atomic mass is 16.5. The van der Waals surface area contributed by atoms with Crippen LogP contribution in [-0.4, -0.2) is 30.1 Å². The van der Waals surface area contributed by atoms with Crippen molar-refractivity contribution >= 4 is 22.8 Å². The molecular weight excluding hydrogens is 338 g/mol. The summed E-state index contributed by atoms with van der Waals surface area (Å²) in [6.07, 6.45) is 0.177. The Balaban J connectivity index is 2.19. The predicted octanol–water partition coefficient (Wildman–Crippen LogP) is 2.27. The molecule has 0 aliphatic heterocycles. The van der Waals surface area contributed by atoms with Crippen molar-refractivity contribution in [2.45, 2.75) is 39.7 Å². The van der Waals surface area contributed by atoms with Crippen LogP contribution in [0.4, 0.5) is 0 Å². The molecule has 140 valence electrons. The second kappa shape index (κ2) is 8.03. The zero-order valence-corrected chi connectivity index (χ0v) is 15.3. The van der Waals surface area contributed by atoms with Gasteiger partial charge < -0.3 is 19.6 Å². The van der Waals surface area contributed by atoms with Crippen molar-refractivity contribution in [3.05, 3.63) is 39.7 Å². The molecule has 0 saturated carbocycles. The SMILES string of the molecule is COc1ccc2c(C)c(CCC(=O)N[C@H](C(=O)O)C(C)C)c(=O)oc2c1. The van der Waals surface area contributed by atoms with Gasteiger partial charge in [-0.1, -0.05) is 13.8 Å². The number of aliphatic carboxylic acids is 1. The molecule has 0 fully saturated rings. The van der Waals surface area contributed by atoms with E-state index in [1.54, 1.807) is 39.0 Å². The van der Waals surface area contributed by atoms with Gasteiger partial charge in [0.2, 0.25) is 5.91 Å². The molecule has 26 heavy (non-hydrogen) atoms. The number of hydrogen-bond donors (Lipinski definition) is 2. The minimum Gasteiger partial charge on any atom is -0.497 e. The van der Waals surface area contributed by atoms with Gasteiger partial charge in [0.15, 0.2) is 0 Å². The normalized spacial score (nSPS) is 12.2. The van der Waals surface area contributed by atoms with Crippen LogP contribution in [0.25, 0.3) is 11.0 Å². The largest absolute Gasteiger partial charge is 0.497 e. The number of fused-ring (bicyclic) bond motifs is 1. The molecule has 0 radical (unpaired) electrons. The molecule has 7 heteroatoms. The third kappa shape index (κ3) is 4.22. The van der Waals surface area contributed by atoms with Crippen molar-refractivity contribution in [2.24, 2.45) is 5.92 Å². The van der Waals surface area contributed by atoms with Gasteiger partial charge in [0.1, 0.15) is 17.4 Å². The van der Waals surface area contributed by atoms with E-state index in [0.29, 0.717) is 16.9 Å². The standard InChI is InChI=1S/C19H23NO6/c1-10(2)17(18(22)23)20-16(21)8-7-14-11(3)13-6-5-12(25-4)9-15(13)26-19(14)24/h5-6,9-10,17H,7-8H2,1-4H3,(H,20,21)(H,22,23)/t17-/m0/s1. The van der Waals surface area contributed by atoms with E-state index in [9.17, 15) is 14.4 Å². The topological polar surface area (TPSA) is 106 Å². The number of hydrogen-bond acceptors (Lipinski definition) is 5. The first-order chi connectivity index (χ1) is 12.2. The fraction of sp³-hybridized carbons (Fsp3) is 0.421. The molecule has 1 aromatic carbocycles. The summed E-state index contributed by atoms with van der Waals surface area (Å²) in [5.41, 5.74) is 1.07. The lowest BCUT2D eigenvalue weighted by atomic mass is 10.0. The number of rotatable bonds is 7. The Hall–Kier alpha value is -2.83. The summed E-state index contributed by atoms with van der Waals surface area (Å²) in [6, 6.07) is 4.26. The highest BCUT2D eigenvalue weighted by Gasteiger charge is 2.23. The van der Waals surface area contributed by atoms with Gasteiger partial charge in [-0.2, -0.15) is 0 Å². The molecule has 2 rings (SSSR count). The maximum Gasteiger partial charge on any atom is 0.339 e. The molecule has 1 heterocycles. The molecule has 1 atom stereocenters. The van der Waals surface area contributed by atoms with Crippen LogP contribution >= 0.6 is 0 Å². The molecule has 7 nitrogen and oxygen atoms in total. The van der Waals surface area contributed by atoms with Crippen molar-refractivity contribution in [3.8, 4) is 5.75 Å². The van der Waals surface area contributed by atoms with Crippen LogP contribution in [0.1, 0.15) is 31.4 Å². The van der Waals surface area contributed by atoms with Gasteiger partial charge >= 0.3 is 11.6 Å². The van der Waals surface area contributed by atoms with Crippen molar-refractivity contribution in [1.82, 2.24) is 5.32 Å². The third-order valence-electron chi connectivity index (χ3n) is 4.35. The van der Waals surface area contributed by atoms with Crippen LogP contribution in [0.5, 0.6) is 5.75 Å². The quantitative estimate of drug-likeness (QED) is 0.733. The minimum atomic E-state index is -1.08. The number of carboxylic acids is 1. The first-order valence-electron chi connectivity index (χ1n) is 8.37. The van der Waals surface area contributed by atoms with Gasteiger partial charge in [-0.15, -0.1) is 0 Å². The highest BCUT2D eigenvalue weighted by Crippen LogP contribution is 2.24. The number of carbonyl (C=O) groups excluding carboxylic acids is 1. The van der Waals surface area contributed by atoms with E-state index in [0.717, 1.165) is 10.9 Å². The van der Waals surface area contributed by atoms with Gasteiger partial charge in [0, 0.05) is 23.4 Å². The van der Waals surface area contributed by atoms with E-state index < -0.39 is 23.5 Å². The van der Waals surface area contributed by atoms with E-state index in [4.69, 9.17) is 14.3 Å². The zero-order valence-electron chi connectivity index (χ0n) is 15.3. The molecule has 2 aromatic rings. The summed E-state index contributed by atoms with van der Waals surface area (Å²) in [4.78, 5) is 35.5. The molecule has 0 bridgehead atoms. The van der Waals surface area contributed by atoms with E-state index >= 15 is 0 Å². The molecule has 0 unspecified atom stereocenters. The second-order valence-corrected chi connectivity index (χ2v) is 6.48. The molecular formula is C19H23NO6. The van der Waals surface area contributed by atoms with E-state index in [-0.39, 0.29) is 18.8 Å². The number of carboxylic acid groups (broad SMARTS) is 1. The van der Waals surface area contributed by atoms with Crippen LogP contribution in [-0.2, 0) is 16.0 Å². The number of ether oxygens (including phenoxy) is 1. The van der Waals surface area contributed by atoms with Crippen LogP contribution in [0, 0.1) is 12.8 Å². The van der Waals surface area contributed by atoms with Crippen molar-refractivity contribution in [3.63, 3.8) is 0 Å². The minimum absolute atomic E-state index is 0.00373. The average molecular weight is 361 g/mol. The number of aryl methyl sites for hydroxylation is 1. The summed E-state index contributed by atoms with van der Waals surface area (Å²) < 4.78 is 10.5. The Morgan fingerprint density at radius 3 is 2.58 bits per heavy atom. The summed E-state index contributed by atoms with van der Waals surface area (Å²) in [5.74, 6) is -1.15. The highest BCUT2D eigenvalue weighted by molar-refractivity contribution is 5.84. The third-order valence-corrected chi connectivity index (χ3v) is 4.35. The first-order valence-corrected chi connectivity index (χ1v) is 8.37. The molecule has 0 saturated heterocycles. The predicted molar refractivity (Wildman–Crippen MR) is 96.5 cm³/mol. The maximum absolute atomic E-state index is 12.3. The number of carbonyl (C=O) groups is 2. The Labute approximate surface area is 151 Å². The van der Waals surface area contributed by atoms with Crippen LogP contribution in [0.3, 0.4) is 0 Å². The van der Waals surface area contributed by atoms with Crippen molar-refractivity contribution in [2.75, 3.05) is 7.11 Å². The lowest BCUT2D eigenvalue weighted by Gasteiger charge is -2.18. The van der Waals surface area contributed by atoms with Crippen LogP contribution in [0.2, 0.25) is 0 Å².